The number of likely N-dealkylation sites (tertiary alicyclic amines) is 1. The molecule has 8 nitrogen and oxygen atoms in total. The number of rotatable bonds is 10. The van der Waals surface area contributed by atoms with Crippen LogP contribution < -0.4 is 24.3 Å². The molecular weight excluding hydrogens is 448 g/mol. The van der Waals surface area contributed by atoms with Crippen molar-refractivity contribution in [2.45, 2.75) is 57.3 Å². The molecule has 0 unspecified atom stereocenters. The van der Waals surface area contributed by atoms with E-state index in [9.17, 15) is 9.90 Å². The van der Waals surface area contributed by atoms with E-state index >= 15 is 0 Å². The fraction of sp³-hybridized carbons (Fsp3) is 0.519. The molecule has 2 aliphatic rings. The van der Waals surface area contributed by atoms with Crippen LogP contribution in [0.25, 0.3) is 0 Å². The van der Waals surface area contributed by atoms with Gasteiger partial charge in [-0.15, -0.1) is 0 Å². The number of methoxy groups -OCH3 is 1. The van der Waals surface area contributed by atoms with Crippen molar-refractivity contribution in [3.63, 3.8) is 0 Å². The number of benzene rings is 2. The molecule has 2 aromatic rings. The number of amides is 1. The predicted octanol–water partition coefficient (Wildman–Crippen LogP) is 3.33. The first kappa shape index (κ1) is 25.1. The van der Waals surface area contributed by atoms with E-state index < -0.39 is 12.1 Å². The monoisotopic (exact) mass is 484 g/mol. The van der Waals surface area contributed by atoms with Gasteiger partial charge < -0.3 is 29.4 Å². The molecule has 0 saturated carbocycles. The van der Waals surface area contributed by atoms with Crippen LogP contribution in [0.5, 0.6) is 23.0 Å². The Morgan fingerprint density at radius 1 is 1.06 bits per heavy atom. The molecule has 1 saturated heterocycles. The lowest BCUT2D eigenvalue weighted by Gasteiger charge is -2.33. The third kappa shape index (κ3) is 6.38. The molecule has 2 aliphatic heterocycles. The van der Waals surface area contributed by atoms with Gasteiger partial charge in [-0.25, -0.2) is 0 Å². The van der Waals surface area contributed by atoms with Crippen LogP contribution in [-0.2, 0) is 4.79 Å². The molecule has 4 atom stereocenters. The third-order valence-corrected chi connectivity index (χ3v) is 6.83. The molecule has 2 N–H and O–H groups in total. The molecule has 1 fully saturated rings. The average Bonchev–Trinajstić information content (AvgIpc) is 3.20. The molecular formula is C27H36N2O6. The Bertz CT molecular complexity index is 972. The van der Waals surface area contributed by atoms with Gasteiger partial charge in [0, 0.05) is 18.6 Å². The number of fused-ring (bicyclic) bond motifs is 1. The summed E-state index contributed by atoms with van der Waals surface area (Å²) in [5.74, 6) is 2.54. The number of aliphatic hydroxyl groups excluding tert-OH is 1. The van der Waals surface area contributed by atoms with Crippen molar-refractivity contribution in [3.05, 3.63) is 48.0 Å². The van der Waals surface area contributed by atoms with Crippen LogP contribution in [0.4, 0.5) is 0 Å². The molecule has 190 valence electrons. The number of nitrogens with one attached hydrogen (secondary N) is 1. The van der Waals surface area contributed by atoms with Gasteiger partial charge in [0.25, 0.3) is 0 Å². The highest BCUT2D eigenvalue weighted by Gasteiger charge is 2.33. The van der Waals surface area contributed by atoms with E-state index in [2.05, 4.69) is 24.1 Å². The van der Waals surface area contributed by atoms with Crippen molar-refractivity contribution in [1.29, 1.82) is 0 Å². The van der Waals surface area contributed by atoms with E-state index in [-0.39, 0.29) is 18.9 Å². The maximum atomic E-state index is 12.9. The maximum absolute atomic E-state index is 12.9. The maximum Gasteiger partial charge on any atom is 0.223 e. The van der Waals surface area contributed by atoms with Gasteiger partial charge in [0.05, 0.1) is 26.2 Å². The number of carbonyl (C=O) groups excluding carboxylic acids is 1. The van der Waals surface area contributed by atoms with E-state index in [1.165, 1.54) is 0 Å². The van der Waals surface area contributed by atoms with Crippen molar-refractivity contribution in [2.75, 3.05) is 33.5 Å². The molecule has 2 heterocycles. The summed E-state index contributed by atoms with van der Waals surface area (Å²) in [7, 11) is 1.61. The first-order chi connectivity index (χ1) is 16.9. The van der Waals surface area contributed by atoms with E-state index in [0.717, 1.165) is 18.6 Å². The van der Waals surface area contributed by atoms with E-state index in [1.54, 1.807) is 19.2 Å². The first-order valence-corrected chi connectivity index (χ1v) is 12.3. The number of hydrogen-bond donors (Lipinski definition) is 2. The SMILES string of the molecule is COc1ccc(OCCC(=O)N[C@H](CN2[C@H](C)CC[C@@H]2C)[C@H](O)c2ccc3c(c2)OCCO3)cc1. The second kappa shape index (κ2) is 11.6. The van der Waals surface area contributed by atoms with E-state index in [1.807, 2.05) is 30.3 Å². The van der Waals surface area contributed by atoms with Crippen LogP contribution in [0.3, 0.4) is 0 Å². The lowest BCUT2D eigenvalue weighted by Crippen LogP contribution is -2.49. The normalized spacial score (nSPS) is 21.3. The molecule has 0 aromatic heterocycles. The molecule has 1 amide bonds. The molecule has 0 radical (unpaired) electrons. The van der Waals surface area contributed by atoms with Crippen LogP contribution in [0.15, 0.2) is 42.5 Å². The summed E-state index contributed by atoms with van der Waals surface area (Å²) >= 11 is 0. The summed E-state index contributed by atoms with van der Waals surface area (Å²) in [6.45, 7) is 6.17. The highest BCUT2D eigenvalue weighted by atomic mass is 16.6. The lowest BCUT2D eigenvalue weighted by molar-refractivity contribution is -0.123. The number of ether oxygens (including phenoxy) is 4. The number of carbonyl (C=O) groups is 1. The molecule has 0 bridgehead atoms. The van der Waals surface area contributed by atoms with Crippen LogP contribution in [0, 0.1) is 0 Å². The minimum atomic E-state index is -0.891. The van der Waals surface area contributed by atoms with E-state index in [4.69, 9.17) is 18.9 Å². The van der Waals surface area contributed by atoms with Gasteiger partial charge in [-0.1, -0.05) is 6.07 Å². The lowest BCUT2D eigenvalue weighted by atomic mass is 10.00. The van der Waals surface area contributed by atoms with Gasteiger partial charge in [-0.05, 0) is 68.7 Å². The van der Waals surface area contributed by atoms with Crippen molar-refractivity contribution in [3.8, 4) is 23.0 Å². The summed E-state index contributed by atoms with van der Waals surface area (Å²) in [6, 6.07) is 13.0. The zero-order valence-electron chi connectivity index (χ0n) is 20.7. The Hall–Kier alpha value is -2.97. The van der Waals surface area contributed by atoms with E-state index in [0.29, 0.717) is 54.7 Å². The van der Waals surface area contributed by atoms with Gasteiger partial charge in [-0.3, -0.25) is 9.69 Å². The Balaban J connectivity index is 1.41. The first-order valence-electron chi connectivity index (χ1n) is 12.3. The average molecular weight is 485 g/mol. The molecule has 35 heavy (non-hydrogen) atoms. The van der Waals surface area contributed by atoms with Crippen LogP contribution in [0.2, 0.25) is 0 Å². The summed E-state index contributed by atoms with van der Waals surface area (Å²) in [6.07, 6.45) is 1.51. The second-order valence-corrected chi connectivity index (χ2v) is 9.27. The van der Waals surface area contributed by atoms with Crippen LogP contribution in [0.1, 0.15) is 44.8 Å². The minimum absolute atomic E-state index is 0.167. The van der Waals surface area contributed by atoms with Crippen molar-refractivity contribution >= 4 is 5.91 Å². The van der Waals surface area contributed by atoms with Crippen molar-refractivity contribution in [1.82, 2.24) is 10.2 Å². The van der Waals surface area contributed by atoms with Gasteiger partial charge in [0.15, 0.2) is 11.5 Å². The van der Waals surface area contributed by atoms with Crippen LogP contribution >= 0.6 is 0 Å². The zero-order valence-corrected chi connectivity index (χ0v) is 20.7. The fourth-order valence-electron chi connectivity index (χ4n) is 4.75. The Morgan fingerprint density at radius 3 is 2.40 bits per heavy atom. The van der Waals surface area contributed by atoms with Crippen molar-refractivity contribution < 1.29 is 28.8 Å². The van der Waals surface area contributed by atoms with Crippen LogP contribution in [-0.4, -0.2) is 67.5 Å². The standard InChI is InChI=1S/C27H36N2O6/c1-18-4-5-19(2)29(18)17-23(27(31)20-6-11-24-25(16-20)35-15-14-34-24)28-26(30)12-13-33-22-9-7-21(32-3)8-10-22/h6-11,16,18-19,23,27,31H,4-5,12-15,17H2,1-3H3,(H,28,30)/t18-,19+,23-,27-/m1/s1. The largest absolute Gasteiger partial charge is 0.497 e. The molecule has 8 heteroatoms. The smallest absolute Gasteiger partial charge is 0.223 e. The van der Waals surface area contributed by atoms with Gasteiger partial charge in [0.1, 0.15) is 30.8 Å². The quantitative estimate of drug-likeness (QED) is 0.535. The highest BCUT2D eigenvalue weighted by Crippen LogP contribution is 2.34. The molecule has 0 spiro atoms. The summed E-state index contributed by atoms with van der Waals surface area (Å²) < 4.78 is 22.2. The summed E-state index contributed by atoms with van der Waals surface area (Å²) in [4.78, 5) is 15.2. The predicted molar refractivity (Wildman–Crippen MR) is 132 cm³/mol. The van der Waals surface area contributed by atoms with Gasteiger partial charge in [0.2, 0.25) is 5.91 Å². The molecule has 0 aliphatic carbocycles. The number of aliphatic hydroxyl groups is 1. The minimum Gasteiger partial charge on any atom is -0.497 e. The highest BCUT2D eigenvalue weighted by molar-refractivity contribution is 5.76. The Kier molecular flexibility index (Phi) is 8.36. The summed E-state index contributed by atoms with van der Waals surface area (Å²) in [5.41, 5.74) is 0.688. The summed E-state index contributed by atoms with van der Waals surface area (Å²) in [5, 5.41) is 14.4. The second-order valence-electron chi connectivity index (χ2n) is 9.27. The zero-order chi connectivity index (χ0) is 24.8. The Morgan fingerprint density at radius 2 is 1.71 bits per heavy atom. The Labute approximate surface area is 207 Å². The number of nitrogens with zero attached hydrogens (tertiary/aromatic N) is 1. The molecule has 2 aromatic carbocycles. The third-order valence-electron chi connectivity index (χ3n) is 6.83. The fourth-order valence-corrected chi connectivity index (χ4v) is 4.75. The topological polar surface area (TPSA) is 89.5 Å². The van der Waals surface area contributed by atoms with Gasteiger partial charge >= 0.3 is 0 Å². The van der Waals surface area contributed by atoms with Gasteiger partial charge in [-0.2, -0.15) is 0 Å². The molecule has 4 rings (SSSR count). The number of hydrogen-bond acceptors (Lipinski definition) is 7. The van der Waals surface area contributed by atoms with Crippen molar-refractivity contribution in [2.24, 2.45) is 0 Å².